The van der Waals surface area contributed by atoms with Crippen LogP contribution < -0.4 is 10.1 Å². The van der Waals surface area contributed by atoms with E-state index in [2.05, 4.69) is 14.9 Å². The van der Waals surface area contributed by atoms with Crippen LogP contribution in [-0.4, -0.2) is 23.7 Å². The highest BCUT2D eigenvalue weighted by atomic mass is 16.5. The van der Waals surface area contributed by atoms with Crippen molar-refractivity contribution < 1.29 is 4.74 Å². The molecular weight excluding hydrogens is 190 g/mol. The predicted octanol–water partition coefficient (Wildman–Crippen LogP) is 1.30. The Morgan fingerprint density at radius 2 is 2.27 bits per heavy atom. The van der Waals surface area contributed by atoms with Crippen molar-refractivity contribution in [1.82, 2.24) is 14.9 Å². The summed E-state index contributed by atoms with van der Waals surface area (Å²) in [6.07, 6.45) is 0. The number of aromatic nitrogens is 2. The Bertz CT molecular complexity index is 476. The Morgan fingerprint density at radius 1 is 1.47 bits per heavy atom. The lowest BCUT2D eigenvalue weighted by Gasteiger charge is -2.02. The fraction of sp³-hybridized carbons (Fsp3) is 0.364. The van der Waals surface area contributed by atoms with Crippen LogP contribution in [0.4, 0.5) is 0 Å². The molecule has 0 aliphatic carbocycles. The summed E-state index contributed by atoms with van der Waals surface area (Å²) in [5, 5.41) is 3.10. The van der Waals surface area contributed by atoms with Crippen molar-refractivity contribution in [1.29, 1.82) is 0 Å². The van der Waals surface area contributed by atoms with Crippen molar-refractivity contribution >= 4 is 11.0 Å². The van der Waals surface area contributed by atoms with Crippen LogP contribution in [0, 0.1) is 0 Å². The van der Waals surface area contributed by atoms with Crippen LogP contribution in [0.25, 0.3) is 11.0 Å². The second-order valence-electron chi connectivity index (χ2n) is 3.47. The predicted molar refractivity (Wildman–Crippen MR) is 60.0 cm³/mol. The summed E-state index contributed by atoms with van der Waals surface area (Å²) in [6.45, 7) is 0.771. The molecule has 0 radical (unpaired) electrons. The van der Waals surface area contributed by atoms with Crippen molar-refractivity contribution in [2.45, 2.75) is 6.54 Å². The molecule has 0 aliphatic rings. The van der Waals surface area contributed by atoms with Crippen LogP contribution >= 0.6 is 0 Å². The molecule has 0 atom stereocenters. The molecule has 0 spiro atoms. The van der Waals surface area contributed by atoms with E-state index in [4.69, 9.17) is 4.74 Å². The lowest BCUT2D eigenvalue weighted by Crippen LogP contribution is -2.10. The Balaban J connectivity index is 2.56. The fourth-order valence-corrected chi connectivity index (χ4v) is 1.66. The minimum atomic E-state index is 0.771. The van der Waals surface area contributed by atoms with E-state index in [1.165, 1.54) is 0 Å². The quantitative estimate of drug-likeness (QED) is 0.821. The zero-order valence-electron chi connectivity index (χ0n) is 9.24. The van der Waals surface area contributed by atoms with Gasteiger partial charge in [-0.15, -0.1) is 0 Å². The summed E-state index contributed by atoms with van der Waals surface area (Å²) >= 11 is 0. The van der Waals surface area contributed by atoms with Crippen molar-refractivity contribution in [3.8, 4) is 5.75 Å². The molecule has 0 saturated heterocycles. The van der Waals surface area contributed by atoms with Gasteiger partial charge in [0.1, 0.15) is 11.6 Å². The van der Waals surface area contributed by atoms with Gasteiger partial charge < -0.3 is 14.6 Å². The molecule has 0 aliphatic heterocycles. The van der Waals surface area contributed by atoms with Crippen molar-refractivity contribution in [3.63, 3.8) is 0 Å². The fourth-order valence-electron chi connectivity index (χ4n) is 1.66. The number of rotatable bonds is 3. The first-order valence-electron chi connectivity index (χ1n) is 4.90. The van der Waals surface area contributed by atoms with Gasteiger partial charge in [0, 0.05) is 13.1 Å². The molecule has 15 heavy (non-hydrogen) atoms. The van der Waals surface area contributed by atoms with Crippen molar-refractivity contribution in [3.05, 3.63) is 24.0 Å². The van der Waals surface area contributed by atoms with Gasteiger partial charge in [0.05, 0.1) is 24.7 Å². The van der Waals surface area contributed by atoms with Gasteiger partial charge >= 0.3 is 0 Å². The molecule has 4 heteroatoms. The number of aryl methyl sites for hydroxylation is 1. The highest BCUT2D eigenvalue weighted by Crippen LogP contribution is 2.20. The number of hydrogen-bond donors (Lipinski definition) is 1. The number of imidazole rings is 1. The summed E-state index contributed by atoms with van der Waals surface area (Å²) in [5.74, 6) is 1.89. The van der Waals surface area contributed by atoms with E-state index in [0.717, 1.165) is 29.2 Å². The zero-order chi connectivity index (χ0) is 10.8. The van der Waals surface area contributed by atoms with Crippen LogP contribution in [-0.2, 0) is 13.6 Å². The molecular formula is C11H15N3O. The topological polar surface area (TPSA) is 39.1 Å². The van der Waals surface area contributed by atoms with Gasteiger partial charge in [0.2, 0.25) is 0 Å². The van der Waals surface area contributed by atoms with E-state index in [0.29, 0.717) is 0 Å². The minimum absolute atomic E-state index is 0.771. The first kappa shape index (κ1) is 9.98. The maximum absolute atomic E-state index is 5.19. The van der Waals surface area contributed by atoms with E-state index in [9.17, 15) is 0 Å². The highest BCUT2D eigenvalue weighted by molar-refractivity contribution is 5.77. The molecule has 0 amide bonds. The molecule has 0 bridgehead atoms. The number of hydrogen-bond acceptors (Lipinski definition) is 3. The lowest BCUT2D eigenvalue weighted by atomic mass is 10.3. The SMILES string of the molecule is CNCc1nc2ccc(OC)cc2n1C. The minimum Gasteiger partial charge on any atom is -0.497 e. The summed E-state index contributed by atoms with van der Waals surface area (Å²) < 4.78 is 7.27. The molecule has 4 nitrogen and oxygen atoms in total. The Labute approximate surface area is 88.9 Å². The van der Waals surface area contributed by atoms with Crippen LogP contribution in [0.15, 0.2) is 18.2 Å². The van der Waals surface area contributed by atoms with Gasteiger partial charge in [-0.05, 0) is 19.2 Å². The maximum Gasteiger partial charge on any atom is 0.123 e. The average Bonchev–Trinajstić information content (AvgIpc) is 2.56. The lowest BCUT2D eigenvalue weighted by molar-refractivity contribution is 0.415. The summed E-state index contributed by atoms with van der Waals surface area (Å²) in [5.41, 5.74) is 2.10. The average molecular weight is 205 g/mol. The van der Waals surface area contributed by atoms with E-state index in [1.54, 1.807) is 7.11 Å². The molecule has 0 saturated carbocycles. The second-order valence-corrected chi connectivity index (χ2v) is 3.47. The standard InChI is InChI=1S/C11H15N3O/c1-12-7-11-13-9-5-4-8(15-3)6-10(9)14(11)2/h4-6,12H,7H2,1-3H3. The molecule has 80 valence electrons. The van der Waals surface area contributed by atoms with Gasteiger partial charge in [-0.1, -0.05) is 0 Å². The third-order valence-electron chi connectivity index (χ3n) is 2.52. The molecule has 0 fully saturated rings. The number of benzene rings is 1. The van der Waals surface area contributed by atoms with Crippen LogP contribution in [0.5, 0.6) is 5.75 Å². The van der Waals surface area contributed by atoms with Crippen LogP contribution in [0.3, 0.4) is 0 Å². The molecule has 2 aromatic rings. The monoisotopic (exact) mass is 205 g/mol. The molecule has 2 rings (SSSR count). The molecule has 0 unspecified atom stereocenters. The Morgan fingerprint density at radius 3 is 2.93 bits per heavy atom. The van der Waals surface area contributed by atoms with E-state index < -0.39 is 0 Å². The van der Waals surface area contributed by atoms with Gasteiger partial charge in [0.25, 0.3) is 0 Å². The smallest absolute Gasteiger partial charge is 0.123 e. The van der Waals surface area contributed by atoms with Crippen LogP contribution in [0.2, 0.25) is 0 Å². The molecule has 1 N–H and O–H groups in total. The zero-order valence-corrected chi connectivity index (χ0v) is 9.24. The number of ether oxygens (including phenoxy) is 1. The second kappa shape index (κ2) is 3.90. The van der Waals surface area contributed by atoms with Gasteiger partial charge in [0.15, 0.2) is 0 Å². The van der Waals surface area contributed by atoms with Crippen molar-refractivity contribution in [2.24, 2.45) is 7.05 Å². The largest absolute Gasteiger partial charge is 0.497 e. The maximum atomic E-state index is 5.19. The Kier molecular flexibility index (Phi) is 2.60. The van der Waals surface area contributed by atoms with Gasteiger partial charge in [-0.25, -0.2) is 4.98 Å². The van der Waals surface area contributed by atoms with E-state index in [-0.39, 0.29) is 0 Å². The third kappa shape index (κ3) is 1.68. The first-order valence-corrected chi connectivity index (χ1v) is 4.90. The summed E-state index contributed by atoms with van der Waals surface area (Å²) in [4.78, 5) is 4.52. The summed E-state index contributed by atoms with van der Waals surface area (Å²) in [6, 6.07) is 5.91. The summed E-state index contributed by atoms with van der Waals surface area (Å²) in [7, 11) is 5.60. The first-order chi connectivity index (χ1) is 7.26. The number of nitrogens with one attached hydrogen (secondary N) is 1. The normalized spacial score (nSPS) is 10.9. The van der Waals surface area contributed by atoms with E-state index >= 15 is 0 Å². The van der Waals surface area contributed by atoms with Gasteiger partial charge in [-0.2, -0.15) is 0 Å². The molecule has 1 heterocycles. The number of nitrogens with zero attached hydrogens (tertiary/aromatic N) is 2. The van der Waals surface area contributed by atoms with Crippen LogP contribution in [0.1, 0.15) is 5.82 Å². The number of fused-ring (bicyclic) bond motifs is 1. The molecule has 1 aromatic carbocycles. The highest BCUT2D eigenvalue weighted by Gasteiger charge is 2.07. The van der Waals surface area contributed by atoms with Crippen molar-refractivity contribution in [2.75, 3.05) is 14.2 Å². The number of methoxy groups -OCH3 is 1. The Hall–Kier alpha value is -1.55. The van der Waals surface area contributed by atoms with E-state index in [1.807, 2.05) is 32.3 Å². The van der Waals surface area contributed by atoms with Gasteiger partial charge in [-0.3, -0.25) is 0 Å². The molecule has 1 aromatic heterocycles. The third-order valence-corrected chi connectivity index (χ3v) is 2.52.